The van der Waals surface area contributed by atoms with Gasteiger partial charge in [0.05, 0.1) is 10.7 Å². The van der Waals surface area contributed by atoms with E-state index in [-0.39, 0.29) is 18.0 Å². The van der Waals surface area contributed by atoms with E-state index in [1.807, 2.05) is 38.1 Å². The number of nitrogens with zero attached hydrogens (tertiary/aromatic N) is 1. The summed E-state index contributed by atoms with van der Waals surface area (Å²) in [5.74, 6) is 0.114. The lowest BCUT2D eigenvalue weighted by molar-refractivity contribution is -0.112. The lowest BCUT2D eigenvalue weighted by atomic mass is 10.1. The number of benzene rings is 3. The molecular formula is C26H22FIN2O3. The van der Waals surface area contributed by atoms with Gasteiger partial charge in [0.15, 0.2) is 11.5 Å². The van der Waals surface area contributed by atoms with Crippen LogP contribution in [0.4, 0.5) is 10.1 Å². The van der Waals surface area contributed by atoms with Gasteiger partial charge in [0.1, 0.15) is 24.1 Å². The Morgan fingerprint density at radius 2 is 1.97 bits per heavy atom. The number of hydrogen-bond donors (Lipinski definition) is 1. The summed E-state index contributed by atoms with van der Waals surface area (Å²) in [6, 6.07) is 17.3. The molecule has 0 fully saturated rings. The summed E-state index contributed by atoms with van der Waals surface area (Å²) in [5.41, 5.74) is 3.83. The summed E-state index contributed by atoms with van der Waals surface area (Å²) in [7, 11) is 1.51. The molecular weight excluding hydrogens is 534 g/mol. The Kier molecular flexibility index (Phi) is 8.06. The molecule has 3 aromatic rings. The molecule has 5 nitrogen and oxygen atoms in total. The number of carbonyl (C=O) groups is 1. The second-order valence-electron chi connectivity index (χ2n) is 7.40. The summed E-state index contributed by atoms with van der Waals surface area (Å²) in [5, 5.41) is 12.4. The fourth-order valence-electron chi connectivity index (χ4n) is 3.12. The molecule has 0 saturated heterocycles. The minimum absolute atomic E-state index is 0.0396. The Bertz CT molecular complexity index is 1260. The van der Waals surface area contributed by atoms with Crippen LogP contribution < -0.4 is 14.8 Å². The van der Waals surface area contributed by atoms with Crippen LogP contribution in [0.15, 0.2) is 60.2 Å². The zero-order valence-corrected chi connectivity index (χ0v) is 20.6. The minimum atomic E-state index is -0.494. The lowest BCUT2D eigenvalue weighted by Crippen LogP contribution is -2.14. The fraction of sp³-hybridized carbons (Fsp3) is 0.154. The zero-order valence-electron chi connectivity index (χ0n) is 18.4. The van der Waals surface area contributed by atoms with Crippen molar-refractivity contribution >= 4 is 40.3 Å². The summed E-state index contributed by atoms with van der Waals surface area (Å²) < 4.78 is 25.5. The number of nitriles is 1. The van der Waals surface area contributed by atoms with Gasteiger partial charge in [-0.1, -0.05) is 24.3 Å². The Labute approximate surface area is 206 Å². The van der Waals surface area contributed by atoms with Crippen LogP contribution in [0.1, 0.15) is 22.3 Å². The second-order valence-corrected chi connectivity index (χ2v) is 8.56. The Morgan fingerprint density at radius 1 is 1.18 bits per heavy atom. The quantitative estimate of drug-likeness (QED) is 0.214. The number of hydrogen-bond acceptors (Lipinski definition) is 4. The van der Waals surface area contributed by atoms with Gasteiger partial charge in [-0.2, -0.15) is 5.26 Å². The minimum Gasteiger partial charge on any atom is -0.493 e. The van der Waals surface area contributed by atoms with Crippen molar-refractivity contribution in [1.82, 2.24) is 0 Å². The predicted molar refractivity (Wildman–Crippen MR) is 135 cm³/mol. The van der Waals surface area contributed by atoms with Crippen molar-refractivity contribution in [3.8, 4) is 17.6 Å². The number of rotatable bonds is 7. The van der Waals surface area contributed by atoms with Crippen molar-refractivity contribution in [2.75, 3.05) is 12.4 Å². The van der Waals surface area contributed by atoms with Crippen LogP contribution in [0.3, 0.4) is 0 Å². The lowest BCUT2D eigenvalue weighted by Gasteiger charge is -2.14. The highest BCUT2D eigenvalue weighted by Crippen LogP contribution is 2.35. The van der Waals surface area contributed by atoms with Crippen LogP contribution in [-0.2, 0) is 11.4 Å². The molecule has 0 radical (unpaired) electrons. The third-order valence-corrected chi connectivity index (χ3v) is 5.64. The molecule has 0 aromatic heterocycles. The van der Waals surface area contributed by atoms with Gasteiger partial charge >= 0.3 is 0 Å². The van der Waals surface area contributed by atoms with Gasteiger partial charge in [0.25, 0.3) is 5.91 Å². The first-order valence-electron chi connectivity index (χ1n) is 10.1. The highest BCUT2D eigenvalue weighted by atomic mass is 127. The largest absolute Gasteiger partial charge is 0.493 e. The van der Waals surface area contributed by atoms with Gasteiger partial charge in [-0.3, -0.25) is 4.79 Å². The maximum atomic E-state index is 13.4. The normalized spacial score (nSPS) is 11.0. The van der Waals surface area contributed by atoms with Crippen molar-refractivity contribution in [3.05, 3.63) is 91.8 Å². The molecule has 0 aliphatic heterocycles. The third kappa shape index (κ3) is 6.33. The predicted octanol–water partition coefficient (Wildman–Crippen LogP) is 6.18. The smallest absolute Gasteiger partial charge is 0.266 e. The first kappa shape index (κ1) is 24.3. The van der Waals surface area contributed by atoms with Crippen molar-refractivity contribution in [2.24, 2.45) is 0 Å². The molecule has 0 heterocycles. The SMILES string of the molecule is COc1cc(/C=C(\C#N)C(=O)Nc2cc(C)ccc2C)cc(I)c1OCc1cccc(F)c1. The van der Waals surface area contributed by atoms with E-state index in [9.17, 15) is 14.4 Å². The fourth-order valence-corrected chi connectivity index (χ4v) is 3.90. The molecule has 0 bridgehead atoms. The van der Waals surface area contributed by atoms with Gasteiger partial charge in [-0.25, -0.2) is 4.39 Å². The van der Waals surface area contributed by atoms with E-state index < -0.39 is 5.91 Å². The van der Waals surface area contributed by atoms with Crippen LogP contribution in [0.2, 0.25) is 0 Å². The molecule has 1 amide bonds. The number of carbonyl (C=O) groups excluding carboxylic acids is 1. The maximum Gasteiger partial charge on any atom is 0.266 e. The number of nitrogens with one attached hydrogen (secondary N) is 1. The number of methoxy groups -OCH3 is 1. The molecule has 1 N–H and O–H groups in total. The van der Waals surface area contributed by atoms with Gasteiger partial charge in [-0.15, -0.1) is 0 Å². The monoisotopic (exact) mass is 556 g/mol. The molecule has 0 unspecified atom stereocenters. The second kappa shape index (κ2) is 11.0. The van der Waals surface area contributed by atoms with E-state index in [0.29, 0.717) is 28.3 Å². The molecule has 0 aliphatic rings. The molecule has 0 saturated carbocycles. The molecule has 0 aliphatic carbocycles. The van der Waals surface area contributed by atoms with Gasteiger partial charge in [0.2, 0.25) is 0 Å². The number of anilines is 1. The van der Waals surface area contributed by atoms with Crippen molar-refractivity contribution in [2.45, 2.75) is 20.5 Å². The summed E-state index contributed by atoms with van der Waals surface area (Å²) in [6.07, 6.45) is 1.50. The Hall–Kier alpha value is -3.38. The molecule has 3 rings (SSSR count). The summed E-state index contributed by atoms with van der Waals surface area (Å²) in [6.45, 7) is 3.99. The number of ether oxygens (including phenoxy) is 2. The van der Waals surface area contributed by atoms with Crippen LogP contribution in [-0.4, -0.2) is 13.0 Å². The molecule has 0 spiro atoms. The molecule has 168 valence electrons. The van der Waals surface area contributed by atoms with Crippen LogP contribution in [0.25, 0.3) is 6.08 Å². The number of aryl methyl sites for hydroxylation is 2. The zero-order chi connectivity index (χ0) is 24.0. The van der Waals surface area contributed by atoms with Crippen molar-refractivity contribution in [3.63, 3.8) is 0 Å². The molecule has 7 heteroatoms. The summed E-state index contributed by atoms with van der Waals surface area (Å²) in [4.78, 5) is 12.7. The van der Waals surface area contributed by atoms with Crippen molar-refractivity contribution in [1.29, 1.82) is 5.26 Å². The molecule has 3 aromatic carbocycles. The average molecular weight is 556 g/mol. The highest BCUT2D eigenvalue weighted by Gasteiger charge is 2.15. The number of amides is 1. The van der Waals surface area contributed by atoms with E-state index >= 15 is 0 Å². The van der Waals surface area contributed by atoms with E-state index in [1.54, 1.807) is 24.3 Å². The highest BCUT2D eigenvalue weighted by molar-refractivity contribution is 14.1. The van der Waals surface area contributed by atoms with E-state index in [0.717, 1.165) is 14.7 Å². The maximum absolute atomic E-state index is 13.4. The molecule has 0 atom stereocenters. The van der Waals surface area contributed by atoms with Gasteiger partial charge in [-0.05, 0) is 95.1 Å². The summed E-state index contributed by atoms with van der Waals surface area (Å²) >= 11 is 2.10. The van der Waals surface area contributed by atoms with E-state index in [1.165, 1.54) is 25.3 Å². The van der Waals surface area contributed by atoms with Gasteiger partial charge < -0.3 is 14.8 Å². The standard InChI is InChI=1S/C26H22FIN2O3/c1-16-7-8-17(2)23(9-16)30-26(31)20(14-29)10-19-12-22(28)25(24(13-19)32-3)33-15-18-5-4-6-21(27)11-18/h4-13H,15H2,1-3H3,(H,30,31)/b20-10+. The Balaban J connectivity index is 1.84. The third-order valence-electron chi connectivity index (χ3n) is 4.84. The molecule has 33 heavy (non-hydrogen) atoms. The number of halogens is 2. The first-order chi connectivity index (χ1) is 15.8. The topological polar surface area (TPSA) is 71.3 Å². The Morgan fingerprint density at radius 3 is 2.67 bits per heavy atom. The van der Waals surface area contributed by atoms with Crippen molar-refractivity contribution < 1.29 is 18.7 Å². The van der Waals surface area contributed by atoms with E-state index in [2.05, 4.69) is 27.9 Å². The van der Waals surface area contributed by atoms with E-state index in [4.69, 9.17) is 9.47 Å². The average Bonchev–Trinajstić information content (AvgIpc) is 2.78. The van der Waals surface area contributed by atoms with Crippen LogP contribution in [0.5, 0.6) is 11.5 Å². The van der Waals surface area contributed by atoms with Crippen LogP contribution in [0, 0.1) is 34.6 Å². The first-order valence-corrected chi connectivity index (χ1v) is 11.1. The van der Waals surface area contributed by atoms with Crippen LogP contribution >= 0.6 is 22.6 Å². The van der Waals surface area contributed by atoms with Gasteiger partial charge in [0, 0.05) is 5.69 Å².